The Morgan fingerprint density at radius 2 is 0.714 bits per heavy atom. The van der Waals surface area contributed by atoms with Crippen molar-refractivity contribution in [3.63, 3.8) is 0 Å². The molecule has 24 nitrogen and oxygen atoms in total. The van der Waals surface area contributed by atoms with E-state index in [2.05, 4.69) is 27.7 Å². The number of aliphatic hydroxyl groups is 10. The second kappa shape index (κ2) is 54.6. The first-order valence-electron chi connectivity index (χ1n) is 38.7. The molecule has 0 aromatic rings. The number of hydrogen-bond acceptors (Lipinski definition) is 23. The van der Waals surface area contributed by atoms with E-state index in [4.69, 9.17) is 42.2 Å². The smallest absolute Gasteiger partial charge is 0.463 e. The van der Waals surface area contributed by atoms with Crippen LogP contribution in [0.2, 0.25) is 0 Å². The molecule has 0 aromatic carbocycles. The van der Waals surface area contributed by atoms with Gasteiger partial charge in [0.1, 0.15) is 98.7 Å². The van der Waals surface area contributed by atoms with Gasteiger partial charge in [-0.15, -0.1) is 0 Å². The summed E-state index contributed by atoms with van der Waals surface area (Å²) in [6.45, 7) is 5.78. The van der Waals surface area contributed by atoms with E-state index in [-0.39, 0.29) is 19.3 Å². The molecule has 0 amide bonds. The van der Waals surface area contributed by atoms with Crippen LogP contribution in [-0.4, -0.2) is 204 Å². The van der Waals surface area contributed by atoms with Gasteiger partial charge in [-0.25, -0.2) is 4.57 Å². The predicted octanol–water partition coefficient (Wildman–Crippen LogP) is 10.8. The Kier molecular flexibility index (Phi) is 50.2. The average Bonchev–Trinajstić information content (AvgIpc) is 0.763. The van der Waals surface area contributed by atoms with Crippen molar-refractivity contribution in [2.24, 2.45) is 5.92 Å². The van der Waals surface area contributed by atoms with E-state index in [9.17, 15) is 74.9 Å². The molecule has 3 aliphatic rings. The van der Waals surface area contributed by atoms with Crippen LogP contribution in [0.25, 0.3) is 0 Å². The largest absolute Gasteiger partial charge is 0.472 e. The number of unbranched alkanes of at least 4 members (excludes halogenated alkanes) is 35. The van der Waals surface area contributed by atoms with E-state index in [1.807, 2.05) is 0 Å². The first-order chi connectivity index (χ1) is 47.2. The zero-order chi connectivity index (χ0) is 71.9. The third kappa shape index (κ3) is 37.6. The zero-order valence-corrected chi connectivity index (χ0v) is 61.4. The lowest BCUT2D eigenvalue weighted by atomic mass is 9.84. The fraction of sp³-hybridized carbons (Fsp3) is 0.959. The van der Waals surface area contributed by atoms with E-state index in [0.29, 0.717) is 25.2 Å². The van der Waals surface area contributed by atoms with Crippen LogP contribution < -0.4 is 0 Å². The van der Waals surface area contributed by atoms with Crippen molar-refractivity contribution in [1.29, 1.82) is 0 Å². The highest BCUT2D eigenvalue weighted by Crippen LogP contribution is 2.49. The van der Waals surface area contributed by atoms with Gasteiger partial charge in [0.25, 0.3) is 0 Å². The summed E-state index contributed by atoms with van der Waals surface area (Å²) >= 11 is 0. The first kappa shape index (κ1) is 90.2. The average molecular weight is 1430 g/mol. The highest BCUT2D eigenvalue weighted by atomic mass is 31.2. The summed E-state index contributed by atoms with van der Waals surface area (Å²) < 4.78 is 65.1. The van der Waals surface area contributed by atoms with E-state index < -0.39 is 156 Å². The SMILES string of the molecule is CCCCCCCCCCCCCCCCCCC(=O)OCC(COP(=O)(O)OC1C(OC2OC(CO)C(O)C(O)C2O)C(O)C(O)C(O)C1OC1OC(COC(=O)CCCCCCCCCCCCC)C(O)C(O)C1O)OC(=O)CCCCCCCCC(C)CCCCCCCC. The van der Waals surface area contributed by atoms with Crippen molar-refractivity contribution in [2.75, 3.05) is 26.4 Å². The molecule has 2 heterocycles. The van der Waals surface area contributed by atoms with Crippen molar-refractivity contribution >= 4 is 25.7 Å². The first-order valence-corrected chi connectivity index (χ1v) is 40.2. The lowest BCUT2D eigenvalue weighted by molar-refractivity contribution is -0.360. The second-order valence-corrected chi connectivity index (χ2v) is 29.8. The summed E-state index contributed by atoms with van der Waals surface area (Å²) in [7, 11) is -5.69. The molecule has 1 saturated carbocycles. The molecule has 3 rings (SSSR count). The number of phosphoric acid groups is 1. The van der Waals surface area contributed by atoms with Gasteiger partial charge in [-0.05, 0) is 25.2 Å². The fourth-order valence-corrected chi connectivity index (χ4v) is 14.1. The minimum absolute atomic E-state index is 0.0324. The topological polar surface area (TPSA) is 374 Å². The minimum Gasteiger partial charge on any atom is -0.463 e. The third-order valence-corrected chi connectivity index (χ3v) is 20.5. The number of carbonyl (C=O) groups excluding carboxylic acids is 3. The van der Waals surface area contributed by atoms with Crippen molar-refractivity contribution < 1.29 is 117 Å². The van der Waals surface area contributed by atoms with Gasteiger partial charge in [0, 0.05) is 19.3 Å². The number of aliphatic hydroxyl groups excluding tert-OH is 10. The Morgan fingerprint density at radius 1 is 0.388 bits per heavy atom. The molecule has 11 N–H and O–H groups in total. The number of phosphoric ester groups is 1. The maximum absolute atomic E-state index is 14.4. The normalized spacial score (nSPS) is 27.9. The Hall–Kier alpha value is -2.04. The van der Waals surface area contributed by atoms with Gasteiger partial charge in [-0.2, -0.15) is 0 Å². The highest BCUT2D eigenvalue weighted by molar-refractivity contribution is 7.47. The molecule has 0 bridgehead atoms. The molecule has 3 fully saturated rings. The molecule has 2 saturated heterocycles. The quantitative estimate of drug-likeness (QED) is 0.0117. The maximum atomic E-state index is 14.4. The van der Waals surface area contributed by atoms with Gasteiger partial charge in [0.15, 0.2) is 18.7 Å². The fourth-order valence-electron chi connectivity index (χ4n) is 13.1. The van der Waals surface area contributed by atoms with Crippen LogP contribution in [0.15, 0.2) is 0 Å². The molecule has 0 spiro atoms. The van der Waals surface area contributed by atoms with Gasteiger partial charge in [0.2, 0.25) is 0 Å². The molecule has 25 heteroatoms. The number of rotatable bonds is 60. The monoisotopic (exact) mass is 1430 g/mol. The molecule has 19 atom stereocenters. The van der Waals surface area contributed by atoms with Crippen molar-refractivity contribution in [1.82, 2.24) is 0 Å². The molecular weight excluding hydrogens is 1290 g/mol. The summed E-state index contributed by atoms with van der Waals surface area (Å²) in [5.74, 6) is -1.29. The number of hydrogen-bond donors (Lipinski definition) is 11. The lowest BCUT2D eigenvalue weighted by Crippen LogP contribution is -2.69. The van der Waals surface area contributed by atoms with Gasteiger partial charge >= 0.3 is 25.7 Å². The van der Waals surface area contributed by atoms with E-state index in [1.54, 1.807) is 0 Å². The van der Waals surface area contributed by atoms with E-state index >= 15 is 0 Å². The summed E-state index contributed by atoms with van der Waals surface area (Å²) in [6, 6.07) is 0. The molecule has 0 radical (unpaired) electrons. The number of ether oxygens (including phenoxy) is 7. The van der Waals surface area contributed by atoms with Crippen molar-refractivity contribution in [3.8, 4) is 0 Å². The minimum atomic E-state index is -5.69. The van der Waals surface area contributed by atoms with Crippen LogP contribution >= 0.6 is 7.82 Å². The Labute approximate surface area is 587 Å². The highest BCUT2D eigenvalue weighted by Gasteiger charge is 2.58. The lowest BCUT2D eigenvalue weighted by Gasteiger charge is -2.49. The van der Waals surface area contributed by atoms with Gasteiger partial charge in [-0.1, -0.05) is 272 Å². The van der Waals surface area contributed by atoms with E-state index in [0.717, 1.165) is 89.9 Å². The molecular formula is C73H137O24P. The van der Waals surface area contributed by atoms with Crippen LogP contribution in [0.4, 0.5) is 0 Å². The second-order valence-electron chi connectivity index (χ2n) is 28.4. The van der Waals surface area contributed by atoms with Crippen LogP contribution in [-0.2, 0) is 61.2 Å². The molecule has 578 valence electrons. The molecule has 1 aliphatic carbocycles. The molecule has 0 aromatic heterocycles. The van der Waals surface area contributed by atoms with Crippen molar-refractivity contribution in [3.05, 3.63) is 0 Å². The van der Waals surface area contributed by atoms with Crippen LogP contribution in [0.3, 0.4) is 0 Å². The predicted molar refractivity (Wildman–Crippen MR) is 370 cm³/mol. The molecule has 19 unspecified atom stereocenters. The Balaban J connectivity index is 1.74. The third-order valence-electron chi connectivity index (χ3n) is 19.5. The summed E-state index contributed by atoms with van der Waals surface area (Å²) in [6.07, 6.45) is 10.3. The van der Waals surface area contributed by atoms with Gasteiger partial charge < -0.3 is 89.1 Å². The summed E-state index contributed by atoms with van der Waals surface area (Å²) in [5, 5.41) is 110. The zero-order valence-electron chi connectivity index (χ0n) is 60.5. The van der Waals surface area contributed by atoms with Crippen LogP contribution in [0, 0.1) is 5.92 Å². The van der Waals surface area contributed by atoms with Gasteiger partial charge in [0.05, 0.1) is 13.2 Å². The number of esters is 3. The number of carbonyl (C=O) groups is 3. The van der Waals surface area contributed by atoms with Crippen LogP contribution in [0.5, 0.6) is 0 Å². The summed E-state index contributed by atoms with van der Waals surface area (Å²) in [5.41, 5.74) is 0. The Morgan fingerprint density at radius 3 is 1.10 bits per heavy atom. The molecule has 98 heavy (non-hydrogen) atoms. The maximum Gasteiger partial charge on any atom is 0.472 e. The standard InChI is InChI=1S/C73H137O24P/c1-5-8-11-14-17-19-21-22-23-24-25-27-29-30-36-41-46-57(75)89-50-54(92-59(77)48-43-38-33-32-35-40-45-53(4)44-39-34-16-13-10-7-3)51-91-98(87,88)97-71-69(95-72-67(85)62(80)60(78)55(49-74)93-72)65(83)64(82)66(84)70(71)96-73-68(86)63(81)61(79)56(94-73)52-90-58(76)47-42-37-31-28-26-20-18-15-12-9-6-2/h53-56,60-74,78-86H,5-52H2,1-4H3,(H,87,88). The Bertz CT molecular complexity index is 2050. The van der Waals surface area contributed by atoms with E-state index in [1.165, 1.54) is 154 Å². The van der Waals surface area contributed by atoms with Crippen molar-refractivity contribution in [2.45, 2.75) is 414 Å². The van der Waals surface area contributed by atoms with Gasteiger partial charge in [-0.3, -0.25) is 23.4 Å². The summed E-state index contributed by atoms with van der Waals surface area (Å²) in [4.78, 5) is 51.1. The van der Waals surface area contributed by atoms with Crippen LogP contribution in [0.1, 0.15) is 310 Å². The molecule has 2 aliphatic heterocycles.